The summed E-state index contributed by atoms with van der Waals surface area (Å²) < 4.78 is 0. The van der Waals surface area contributed by atoms with Crippen LogP contribution in [0.3, 0.4) is 0 Å². The highest BCUT2D eigenvalue weighted by Gasteiger charge is 1.87. The molecule has 0 aromatic heterocycles. The zero-order valence-corrected chi connectivity index (χ0v) is 6.21. The third-order valence-corrected chi connectivity index (χ3v) is 0.966. The minimum absolute atomic E-state index is 0.461. The van der Waals surface area contributed by atoms with Crippen molar-refractivity contribution in [3.05, 3.63) is 0 Å². The van der Waals surface area contributed by atoms with Crippen molar-refractivity contribution in [2.75, 3.05) is 26.3 Å². The number of hydrogen-bond donors (Lipinski definition) is 2. The number of unbranched alkanes of at least 4 members (excludes halogenated alkanes) is 1. The zero-order chi connectivity index (χ0) is 7.66. The van der Waals surface area contributed by atoms with E-state index in [9.17, 15) is 0 Å². The summed E-state index contributed by atoms with van der Waals surface area (Å²) >= 11 is 0. The van der Waals surface area contributed by atoms with Gasteiger partial charge < -0.3 is 11.5 Å². The molecule has 0 aliphatic carbocycles. The van der Waals surface area contributed by atoms with E-state index in [0.717, 1.165) is 12.8 Å². The molecule has 0 aliphatic rings. The van der Waals surface area contributed by atoms with Crippen LogP contribution >= 0.6 is 0 Å². The zero-order valence-electron chi connectivity index (χ0n) is 6.21. The molecule has 10 heavy (non-hydrogen) atoms. The highest BCUT2D eigenvalue weighted by Crippen LogP contribution is 1.87. The van der Waals surface area contributed by atoms with Crippen molar-refractivity contribution in [3.63, 3.8) is 0 Å². The van der Waals surface area contributed by atoms with E-state index < -0.39 is 0 Å². The second kappa shape index (κ2) is 8.84. The van der Waals surface area contributed by atoms with Gasteiger partial charge in [0.1, 0.15) is 0 Å². The maximum Gasteiger partial charge on any atom is 0.0944 e. The van der Waals surface area contributed by atoms with Crippen molar-refractivity contribution < 1.29 is 9.78 Å². The van der Waals surface area contributed by atoms with Gasteiger partial charge >= 0.3 is 0 Å². The molecule has 4 nitrogen and oxygen atoms in total. The third-order valence-electron chi connectivity index (χ3n) is 0.966. The molecule has 0 rings (SSSR count). The van der Waals surface area contributed by atoms with Crippen molar-refractivity contribution in [1.29, 1.82) is 0 Å². The average Bonchev–Trinajstić information content (AvgIpc) is 1.97. The van der Waals surface area contributed by atoms with Gasteiger partial charge in [-0.25, -0.2) is 9.78 Å². The number of hydrogen-bond acceptors (Lipinski definition) is 4. The number of nitrogens with two attached hydrogens (primary N) is 2. The lowest BCUT2D eigenvalue weighted by Crippen LogP contribution is -2.09. The van der Waals surface area contributed by atoms with Crippen LogP contribution in [0.1, 0.15) is 12.8 Å². The van der Waals surface area contributed by atoms with Gasteiger partial charge in [0, 0.05) is 6.54 Å². The van der Waals surface area contributed by atoms with E-state index in [1.807, 2.05) is 0 Å². The minimum Gasteiger partial charge on any atom is -0.330 e. The Kier molecular flexibility index (Phi) is 8.70. The first-order valence-corrected chi connectivity index (χ1v) is 3.56. The SMILES string of the molecule is NCCCCOOCCN. The Morgan fingerprint density at radius 1 is 0.800 bits per heavy atom. The Bertz CT molecular complexity index is 53.7. The summed E-state index contributed by atoms with van der Waals surface area (Å²) in [6.07, 6.45) is 1.92. The van der Waals surface area contributed by atoms with Crippen LogP contribution in [0.4, 0.5) is 0 Å². The van der Waals surface area contributed by atoms with E-state index in [1.165, 1.54) is 0 Å². The largest absolute Gasteiger partial charge is 0.330 e. The van der Waals surface area contributed by atoms with Gasteiger partial charge in [0.25, 0.3) is 0 Å². The molecule has 0 saturated heterocycles. The van der Waals surface area contributed by atoms with Gasteiger partial charge in [0.2, 0.25) is 0 Å². The molecule has 0 aliphatic heterocycles. The molecule has 4 N–H and O–H groups in total. The van der Waals surface area contributed by atoms with Gasteiger partial charge in [0.15, 0.2) is 0 Å². The van der Waals surface area contributed by atoms with Crippen LogP contribution in [0.5, 0.6) is 0 Å². The van der Waals surface area contributed by atoms with E-state index in [0.29, 0.717) is 26.3 Å². The first-order valence-electron chi connectivity index (χ1n) is 3.56. The highest BCUT2D eigenvalue weighted by molar-refractivity contribution is 4.36. The first-order chi connectivity index (χ1) is 4.91. The fourth-order valence-corrected chi connectivity index (χ4v) is 0.471. The van der Waals surface area contributed by atoms with Crippen LogP contribution in [-0.2, 0) is 9.78 Å². The van der Waals surface area contributed by atoms with Crippen LogP contribution < -0.4 is 11.5 Å². The van der Waals surface area contributed by atoms with Gasteiger partial charge in [0.05, 0.1) is 13.2 Å². The molecule has 0 amide bonds. The third kappa shape index (κ3) is 7.84. The standard InChI is InChI=1S/C6H16N2O2/c7-3-1-2-5-9-10-6-4-8/h1-8H2. The van der Waals surface area contributed by atoms with Gasteiger partial charge in [-0.05, 0) is 19.4 Å². The predicted molar refractivity (Wildman–Crippen MR) is 39.2 cm³/mol. The van der Waals surface area contributed by atoms with E-state index in [4.69, 9.17) is 16.4 Å². The first kappa shape index (κ1) is 9.84. The van der Waals surface area contributed by atoms with Crippen molar-refractivity contribution in [1.82, 2.24) is 0 Å². The van der Waals surface area contributed by atoms with Gasteiger partial charge in [-0.1, -0.05) is 0 Å². The average molecular weight is 148 g/mol. The molecule has 0 bridgehead atoms. The molecule has 0 aromatic carbocycles. The topological polar surface area (TPSA) is 70.5 Å². The van der Waals surface area contributed by atoms with Gasteiger partial charge in [-0.2, -0.15) is 0 Å². The van der Waals surface area contributed by atoms with Crippen molar-refractivity contribution in [2.45, 2.75) is 12.8 Å². The van der Waals surface area contributed by atoms with E-state index in [-0.39, 0.29) is 0 Å². The fourth-order valence-electron chi connectivity index (χ4n) is 0.471. The Morgan fingerprint density at radius 2 is 1.50 bits per heavy atom. The monoisotopic (exact) mass is 148 g/mol. The molecular formula is C6H16N2O2. The van der Waals surface area contributed by atoms with E-state index in [1.54, 1.807) is 0 Å². The van der Waals surface area contributed by atoms with Gasteiger partial charge in [-0.3, -0.25) is 0 Å². The molecule has 0 unspecified atom stereocenters. The minimum atomic E-state index is 0.461. The molecule has 0 saturated carbocycles. The van der Waals surface area contributed by atoms with Crippen LogP contribution in [0.2, 0.25) is 0 Å². The molecule has 4 heteroatoms. The number of rotatable bonds is 7. The normalized spacial score (nSPS) is 10.2. The van der Waals surface area contributed by atoms with Crippen LogP contribution in [-0.4, -0.2) is 26.3 Å². The smallest absolute Gasteiger partial charge is 0.0944 e. The summed E-state index contributed by atoms with van der Waals surface area (Å²) in [5.74, 6) is 0. The van der Waals surface area contributed by atoms with Gasteiger partial charge in [-0.15, -0.1) is 0 Å². The van der Waals surface area contributed by atoms with Crippen LogP contribution in [0.25, 0.3) is 0 Å². The van der Waals surface area contributed by atoms with Crippen molar-refractivity contribution in [2.24, 2.45) is 11.5 Å². The van der Waals surface area contributed by atoms with Crippen molar-refractivity contribution in [3.8, 4) is 0 Å². The predicted octanol–water partition coefficient (Wildman–Crippen LogP) is -0.368. The summed E-state index contributed by atoms with van der Waals surface area (Å²) in [4.78, 5) is 9.40. The summed E-state index contributed by atoms with van der Waals surface area (Å²) in [6.45, 7) is 2.27. The summed E-state index contributed by atoms with van der Waals surface area (Å²) in [7, 11) is 0. The van der Waals surface area contributed by atoms with E-state index >= 15 is 0 Å². The fraction of sp³-hybridized carbons (Fsp3) is 1.00. The van der Waals surface area contributed by atoms with Crippen molar-refractivity contribution >= 4 is 0 Å². The molecule has 0 radical (unpaired) electrons. The molecule has 0 fully saturated rings. The maximum absolute atomic E-state index is 5.25. The lowest BCUT2D eigenvalue weighted by atomic mass is 10.3. The second-order valence-electron chi connectivity index (χ2n) is 1.93. The maximum atomic E-state index is 5.25. The van der Waals surface area contributed by atoms with Crippen LogP contribution in [0, 0.1) is 0 Å². The summed E-state index contributed by atoms with van der Waals surface area (Å²) in [5.41, 5.74) is 10.4. The quantitative estimate of drug-likeness (QED) is 0.293. The second-order valence-corrected chi connectivity index (χ2v) is 1.93. The Balaban J connectivity index is 2.65. The van der Waals surface area contributed by atoms with E-state index in [2.05, 4.69) is 4.89 Å². The molecule has 0 aromatic rings. The molecule has 0 spiro atoms. The molecular weight excluding hydrogens is 132 g/mol. The lowest BCUT2D eigenvalue weighted by molar-refractivity contribution is -0.292. The Labute approximate surface area is 61.4 Å². The summed E-state index contributed by atoms with van der Waals surface area (Å²) in [5, 5.41) is 0. The molecule has 0 heterocycles. The molecule has 0 atom stereocenters. The Hall–Kier alpha value is -0.160. The summed E-state index contributed by atoms with van der Waals surface area (Å²) in [6, 6.07) is 0. The highest BCUT2D eigenvalue weighted by atomic mass is 17.2. The Morgan fingerprint density at radius 3 is 2.10 bits per heavy atom. The lowest BCUT2D eigenvalue weighted by Gasteiger charge is -2.00. The van der Waals surface area contributed by atoms with Crippen LogP contribution in [0.15, 0.2) is 0 Å². The molecule has 62 valence electrons.